The number of oxazole rings is 1. The maximum Gasteiger partial charge on any atom is 0.261 e. The Hall–Kier alpha value is -4.23. The van der Waals surface area contributed by atoms with Crippen molar-refractivity contribution in [2.45, 2.75) is 6.54 Å². The van der Waals surface area contributed by atoms with Crippen LogP contribution in [0.15, 0.2) is 89.3 Å². The minimum absolute atomic E-state index is 0.239. The molecule has 0 saturated heterocycles. The molecule has 0 bridgehead atoms. The Kier molecular flexibility index (Phi) is 5.93. The number of amides is 1. The van der Waals surface area contributed by atoms with Crippen LogP contribution in [0.1, 0.15) is 15.9 Å². The zero-order valence-electron chi connectivity index (χ0n) is 18.4. The van der Waals surface area contributed by atoms with Crippen molar-refractivity contribution >= 4 is 45.1 Å². The highest BCUT2D eigenvalue weighted by Gasteiger charge is 2.15. The molecule has 0 radical (unpaired) electrons. The minimum Gasteiger partial charge on any atom is -0.496 e. The predicted octanol–water partition coefficient (Wildman–Crippen LogP) is 5.46. The van der Waals surface area contributed by atoms with Crippen LogP contribution in [0, 0.1) is 0 Å². The van der Waals surface area contributed by atoms with Crippen molar-refractivity contribution < 1.29 is 13.9 Å². The zero-order valence-corrected chi connectivity index (χ0v) is 19.2. The first-order valence-electron chi connectivity index (χ1n) is 10.7. The van der Waals surface area contributed by atoms with Crippen molar-refractivity contribution in [3.63, 3.8) is 0 Å². The minimum atomic E-state index is -0.327. The molecule has 0 aliphatic rings. The lowest BCUT2D eigenvalue weighted by atomic mass is 10.1. The molecule has 5 rings (SSSR count). The largest absolute Gasteiger partial charge is 0.496 e. The van der Waals surface area contributed by atoms with Crippen LogP contribution in [0.25, 0.3) is 33.3 Å². The maximum atomic E-state index is 12.8. The predicted molar refractivity (Wildman–Crippen MR) is 137 cm³/mol. The van der Waals surface area contributed by atoms with Crippen LogP contribution in [0.3, 0.4) is 0 Å². The topological polar surface area (TPSA) is 76.4 Å². The summed E-state index contributed by atoms with van der Waals surface area (Å²) >= 11 is 5.34. The van der Waals surface area contributed by atoms with Gasteiger partial charge < -0.3 is 14.5 Å². The fourth-order valence-corrected chi connectivity index (χ4v) is 3.89. The Morgan fingerprint density at radius 2 is 1.68 bits per heavy atom. The Bertz CT molecular complexity index is 1480. The molecule has 1 aromatic heterocycles. The number of fused-ring (bicyclic) bond motifs is 2. The molecule has 0 aliphatic heterocycles. The summed E-state index contributed by atoms with van der Waals surface area (Å²) in [5.41, 5.74) is 3.90. The van der Waals surface area contributed by atoms with Gasteiger partial charge in [-0.3, -0.25) is 10.1 Å². The fourth-order valence-electron chi connectivity index (χ4n) is 3.72. The summed E-state index contributed by atoms with van der Waals surface area (Å²) in [6.45, 7) is 0.460. The summed E-state index contributed by atoms with van der Waals surface area (Å²) in [7, 11) is 1.54. The number of rotatable bonds is 5. The van der Waals surface area contributed by atoms with Crippen molar-refractivity contribution in [2.75, 3.05) is 7.11 Å². The quantitative estimate of drug-likeness (QED) is 0.334. The van der Waals surface area contributed by atoms with E-state index in [4.69, 9.17) is 21.4 Å². The standard InChI is InChI=1S/C27H21N3O3S/c1-32-24-15-20-7-3-2-6-19(20)14-21(24)25(31)30-27(34)28-16-17-10-12-18(13-11-17)26-29-22-8-4-5-9-23(22)33-26/h2-15H,16H2,1H3,(H2,28,30,31,34). The SMILES string of the molecule is COc1cc2ccccc2cc1C(=O)NC(=S)NCc1ccc(-c2nc3ccccc3o2)cc1. The molecule has 0 fully saturated rings. The van der Waals surface area contributed by atoms with Crippen LogP contribution in [0.4, 0.5) is 0 Å². The number of methoxy groups -OCH3 is 1. The Morgan fingerprint density at radius 3 is 2.41 bits per heavy atom. The first kappa shape index (κ1) is 21.6. The number of ether oxygens (including phenoxy) is 1. The van der Waals surface area contributed by atoms with Gasteiger partial charge in [0.2, 0.25) is 5.89 Å². The monoisotopic (exact) mass is 467 g/mol. The molecule has 1 amide bonds. The van der Waals surface area contributed by atoms with Gasteiger partial charge in [0.05, 0.1) is 12.7 Å². The van der Waals surface area contributed by atoms with Crippen molar-refractivity contribution in [3.05, 3.63) is 96.1 Å². The van der Waals surface area contributed by atoms with E-state index in [2.05, 4.69) is 15.6 Å². The van der Waals surface area contributed by atoms with Crippen LogP contribution in [0.2, 0.25) is 0 Å². The molecular weight excluding hydrogens is 446 g/mol. The first-order chi connectivity index (χ1) is 16.6. The number of aromatic nitrogens is 1. The van der Waals surface area contributed by atoms with Crippen molar-refractivity contribution in [1.29, 1.82) is 0 Å². The van der Waals surface area contributed by atoms with Gasteiger partial charge in [-0.2, -0.15) is 0 Å². The number of thiocarbonyl (C=S) groups is 1. The number of nitrogens with one attached hydrogen (secondary N) is 2. The van der Waals surface area contributed by atoms with Gasteiger partial charge in [-0.25, -0.2) is 4.98 Å². The fraction of sp³-hybridized carbons (Fsp3) is 0.0741. The summed E-state index contributed by atoms with van der Waals surface area (Å²) < 4.78 is 11.2. The highest BCUT2D eigenvalue weighted by Crippen LogP contribution is 2.26. The van der Waals surface area contributed by atoms with Crippen molar-refractivity contribution in [3.8, 4) is 17.2 Å². The third kappa shape index (κ3) is 4.46. The van der Waals surface area contributed by atoms with E-state index >= 15 is 0 Å². The van der Waals surface area contributed by atoms with E-state index < -0.39 is 0 Å². The molecule has 0 atom stereocenters. The zero-order chi connectivity index (χ0) is 23.5. The van der Waals surface area contributed by atoms with Gasteiger partial charge in [0, 0.05) is 12.1 Å². The average Bonchev–Trinajstić information content (AvgIpc) is 3.31. The number of carbonyl (C=O) groups excluding carboxylic acids is 1. The lowest BCUT2D eigenvalue weighted by molar-refractivity contribution is 0.0974. The van der Waals surface area contributed by atoms with E-state index in [1.54, 1.807) is 13.2 Å². The van der Waals surface area contributed by atoms with Crippen molar-refractivity contribution in [2.24, 2.45) is 0 Å². The lowest BCUT2D eigenvalue weighted by Gasteiger charge is -2.13. The number of hydrogen-bond donors (Lipinski definition) is 2. The van der Waals surface area contributed by atoms with Crippen LogP contribution in [-0.4, -0.2) is 23.1 Å². The molecule has 0 unspecified atom stereocenters. The van der Waals surface area contributed by atoms with Gasteiger partial charge in [-0.15, -0.1) is 0 Å². The van der Waals surface area contributed by atoms with Gasteiger partial charge in [0.25, 0.3) is 5.91 Å². The number of hydrogen-bond acceptors (Lipinski definition) is 5. The first-order valence-corrected chi connectivity index (χ1v) is 11.1. The van der Waals surface area contributed by atoms with E-state index in [0.717, 1.165) is 33.0 Å². The highest BCUT2D eigenvalue weighted by atomic mass is 32.1. The van der Waals surface area contributed by atoms with E-state index in [-0.39, 0.29) is 11.0 Å². The molecule has 2 N–H and O–H groups in total. The number of carbonyl (C=O) groups is 1. The summed E-state index contributed by atoms with van der Waals surface area (Å²) in [6.07, 6.45) is 0. The summed E-state index contributed by atoms with van der Waals surface area (Å²) in [4.78, 5) is 17.3. The van der Waals surface area contributed by atoms with E-state index in [1.165, 1.54) is 0 Å². The Balaban J connectivity index is 1.22. The van der Waals surface area contributed by atoms with E-state index in [0.29, 0.717) is 23.7 Å². The second-order valence-corrected chi connectivity index (χ2v) is 8.13. The van der Waals surface area contributed by atoms with E-state index in [1.807, 2.05) is 78.9 Å². The van der Waals surface area contributed by atoms with Gasteiger partial charge in [0.15, 0.2) is 10.7 Å². The van der Waals surface area contributed by atoms with Gasteiger partial charge in [0.1, 0.15) is 11.3 Å². The molecule has 5 aromatic rings. The molecule has 7 heteroatoms. The number of para-hydroxylation sites is 2. The normalized spacial score (nSPS) is 10.9. The molecule has 0 spiro atoms. The van der Waals surface area contributed by atoms with Gasteiger partial charge in [-0.05, 0) is 65.0 Å². The average molecular weight is 468 g/mol. The molecule has 4 aromatic carbocycles. The number of benzene rings is 4. The molecule has 0 saturated carbocycles. The summed E-state index contributed by atoms with van der Waals surface area (Å²) in [5.74, 6) is 0.744. The second-order valence-electron chi connectivity index (χ2n) is 7.72. The molecule has 0 aliphatic carbocycles. The lowest BCUT2D eigenvalue weighted by Crippen LogP contribution is -2.39. The Morgan fingerprint density at radius 1 is 0.971 bits per heavy atom. The van der Waals surface area contributed by atoms with Crippen LogP contribution in [-0.2, 0) is 6.54 Å². The molecule has 34 heavy (non-hydrogen) atoms. The third-order valence-corrected chi connectivity index (χ3v) is 5.73. The Labute approximate surface area is 201 Å². The smallest absolute Gasteiger partial charge is 0.261 e. The van der Waals surface area contributed by atoms with Crippen LogP contribution < -0.4 is 15.4 Å². The molecule has 6 nitrogen and oxygen atoms in total. The summed E-state index contributed by atoms with van der Waals surface area (Å²) in [6, 6.07) is 26.9. The van der Waals surface area contributed by atoms with Gasteiger partial charge in [-0.1, -0.05) is 48.5 Å². The van der Waals surface area contributed by atoms with Crippen LogP contribution >= 0.6 is 12.2 Å². The highest BCUT2D eigenvalue weighted by molar-refractivity contribution is 7.80. The molecule has 168 valence electrons. The molecule has 1 heterocycles. The van der Waals surface area contributed by atoms with Crippen LogP contribution in [0.5, 0.6) is 5.75 Å². The second kappa shape index (κ2) is 9.33. The van der Waals surface area contributed by atoms with Gasteiger partial charge >= 0.3 is 0 Å². The summed E-state index contributed by atoms with van der Waals surface area (Å²) in [5, 5.41) is 8.00. The van der Waals surface area contributed by atoms with E-state index in [9.17, 15) is 4.79 Å². The third-order valence-electron chi connectivity index (χ3n) is 5.49. The molecular formula is C27H21N3O3S. The van der Waals surface area contributed by atoms with Crippen molar-refractivity contribution in [1.82, 2.24) is 15.6 Å². The maximum absolute atomic E-state index is 12.8. The number of nitrogens with zero attached hydrogens (tertiary/aromatic N) is 1.